The van der Waals surface area contributed by atoms with Crippen molar-refractivity contribution >= 4 is 23.4 Å². The van der Waals surface area contributed by atoms with Crippen LogP contribution >= 0.6 is 23.4 Å². The molecule has 3 aromatic rings. The minimum Gasteiger partial charge on any atom is -0.489 e. The van der Waals surface area contributed by atoms with Gasteiger partial charge in [0, 0.05) is 20.4 Å². The lowest BCUT2D eigenvalue weighted by atomic mass is 9.95. The molecule has 0 amide bonds. The predicted molar refractivity (Wildman–Crippen MR) is 116 cm³/mol. The van der Waals surface area contributed by atoms with E-state index in [1.807, 2.05) is 79.7 Å². The molecule has 28 heavy (non-hydrogen) atoms. The molecular formula is C23H24ClNO2S. The van der Waals surface area contributed by atoms with Crippen LogP contribution in [0.3, 0.4) is 0 Å². The van der Waals surface area contributed by atoms with Gasteiger partial charge in [0.2, 0.25) is 0 Å². The number of hydrogen-bond acceptors (Lipinski definition) is 4. The first kappa shape index (κ1) is 20.7. The Kier molecular flexibility index (Phi) is 7.03. The number of halogens is 1. The molecule has 0 aliphatic carbocycles. The largest absolute Gasteiger partial charge is 0.489 e. The van der Waals surface area contributed by atoms with E-state index in [0.717, 1.165) is 26.7 Å². The summed E-state index contributed by atoms with van der Waals surface area (Å²) < 4.78 is 5.90. The van der Waals surface area contributed by atoms with Gasteiger partial charge >= 0.3 is 0 Å². The van der Waals surface area contributed by atoms with Crippen LogP contribution in [0.1, 0.15) is 18.1 Å². The van der Waals surface area contributed by atoms with Gasteiger partial charge in [0.25, 0.3) is 0 Å². The maximum atomic E-state index is 9.35. The highest BCUT2D eigenvalue weighted by molar-refractivity contribution is 7.99. The highest BCUT2D eigenvalue weighted by Gasteiger charge is 2.19. The van der Waals surface area contributed by atoms with Gasteiger partial charge < -0.3 is 15.6 Å². The first-order valence-electron chi connectivity index (χ1n) is 9.08. The summed E-state index contributed by atoms with van der Waals surface area (Å²) in [5, 5.41) is 10.0. The molecule has 0 heterocycles. The Morgan fingerprint density at radius 2 is 1.75 bits per heavy atom. The second-order valence-electron chi connectivity index (χ2n) is 7.09. The van der Waals surface area contributed by atoms with Crippen molar-refractivity contribution in [3.05, 3.63) is 88.9 Å². The van der Waals surface area contributed by atoms with E-state index in [2.05, 4.69) is 0 Å². The number of aliphatic hydroxyl groups is 1. The highest BCUT2D eigenvalue weighted by Crippen LogP contribution is 2.33. The van der Waals surface area contributed by atoms with Gasteiger partial charge in [-0.1, -0.05) is 65.8 Å². The Morgan fingerprint density at radius 3 is 2.46 bits per heavy atom. The van der Waals surface area contributed by atoms with Crippen LogP contribution in [0, 0.1) is 0 Å². The Hall–Kier alpha value is -1.98. The second kappa shape index (κ2) is 9.48. The first-order chi connectivity index (χ1) is 13.4. The van der Waals surface area contributed by atoms with Crippen LogP contribution in [0.2, 0.25) is 5.02 Å². The molecule has 5 heteroatoms. The van der Waals surface area contributed by atoms with Crippen LogP contribution in [-0.2, 0) is 13.0 Å². The van der Waals surface area contributed by atoms with Gasteiger partial charge in [-0.2, -0.15) is 0 Å². The van der Waals surface area contributed by atoms with Crippen molar-refractivity contribution in [2.24, 2.45) is 5.73 Å². The Morgan fingerprint density at radius 1 is 1.00 bits per heavy atom. The molecule has 3 nitrogen and oxygen atoms in total. The number of aliphatic hydroxyl groups excluding tert-OH is 1. The number of ether oxygens (including phenoxy) is 1. The quantitative estimate of drug-likeness (QED) is 0.524. The maximum Gasteiger partial charge on any atom is 0.120 e. The summed E-state index contributed by atoms with van der Waals surface area (Å²) in [6.45, 7) is 2.26. The zero-order valence-corrected chi connectivity index (χ0v) is 17.3. The van der Waals surface area contributed by atoms with Crippen LogP contribution in [0.5, 0.6) is 5.75 Å². The molecule has 3 N–H and O–H groups in total. The fourth-order valence-corrected chi connectivity index (χ4v) is 3.95. The number of hydrogen-bond donors (Lipinski definition) is 2. The van der Waals surface area contributed by atoms with Crippen molar-refractivity contribution in [2.75, 3.05) is 6.61 Å². The summed E-state index contributed by atoms with van der Waals surface area (Å²) in [5.41, 5.74) is 7.43. The zero-order valence-electron chi connectivity index (χ0n) is 15.8. The normalized spacial score (nSPS) is 13.1. The van der Waals surface area contributed by atoms with E-state index in [1.54, 1.807) is 11.8 Å². The third kappa shape index (κ3) is 6.01. The molecule has 0 aliphatic heterocycles. The van der Waals surface area contributed by atoms with Crippen molar-refractivity contribution in [2.45, 2.75) is 35.3 Å². The summed E-state index contributed by atoms with van der Waals surface area (Å²) >= 11 is 8.06. The van der Waals surface area contributed by atoms with Crippen molar-refractivity contribution in [1.29, 1.82) is 0 Å². The van der Waals surface area contributed by atoms with Crippen LogP contribution in [-0.4, -0.2) is 17.3 Å². The summed E-state index contributed by atoms with van der Waals surface area (Å²) in [6, 6.07) is 24.1. The second-order valence-corrected chi connectivity index (χ2v) is 8.65. The molecule has 3 rings (SSSR count). The Labute approximate surface area is 175 Å². The lowest BCUT2D eigenvalue weighted by Gasteiger charge is -2.22. The van der Waals surface area contributed by atoms with E-state index in [0.29, 0.717) is 18.1 Å². The fourth-order valence-electron chi connectivity index (χ4n) is 2.73. The van der Waals surface area contributed by atoms with Gasteiger partial charge in [0.15, 0.2) is 0 Å². The molecule has 1 atom stereocenters. The number of nitrogens with two attached hydrogens (primary N) is 1. The van der Waals surface area contributed by atoms with Gasteiger partial charge in [-0.25, -0.2) is 0 Å². The maximum absolute atomic E-state index is 9.35. The SMILES string of the molecule is CC(N)(CO)Cc1ccc(Sc2cccc(OCc3ccccc3)c2)cc1Cl. The molecule has 0 aliphatic rings. The predicted octanol–water partition coefficient (Wildman–Crippen LogP) is 5.32. The minimum absolute atomic E-state index is 0.0877. The standard InChI is InChI=1S/C23H24ClNO2S/c1-23(25,16-26)14-18-10-11-21(13-22(18)24)28-20-9-5-8-19(12-20)27-15-17-6-3-2-4-7-17/h2-13,26H,14-16,25H2,1H3. The molecule has 0 saturated heterocycles. The van der Waals surface area contributed by atoms with Crippen molar-refractivity contribution in [3.8, 4) is 5.75 Å². The van der Waals surface area contributed by atoms with Crippen molar-refractivity contribution < 1.29 is 9.84 Å². The molecule has 0 bridgehead atoms. The van der Waals surface area contributed by atoms with Gasteiger partial charge in [0.1, 0.15) is 12.4 Å². The summed E-state index contributed by atoms with van der Waals surface area (Å²) in [7, 11) is 0. The number of benzene rings is 3. The lowest BCUT2D eigenvalue weighted by Crippen LogP contribution is -2.42. The van der Waals surface area contributed by atoms with Gasteiger partial charge in [0.05, 0.1) is 6.61 Å². The summed E-state index contributed by atoms with van der Waals surface area (Å²) in [5.74, 6) is 0.832. The average molecular weight is 414 g/mol. The summed E-state index contributed by atoms with van der Waals surface area (Å²) in [6.07, 6.45) is 0.524. The van der Waals surface area contributed by atoms with E-state index in [9.17, 15) is 5.11 Å². The topological polar surface area (TPSA) is 55.5 Å². The third-order valence-corrected chi connectivity index (χ3v) is 5.60. The molecule has 146 valence electrons. The molecule has 3 aromatic carbocycles. The molecule has 0 aromatic heterocycles. The Bertz CT molecular complexity index is 915. The van der Waals surface area contributed by atoms with Crippen LogP contribution in [0.4, 0.5) is 0 Å². The summed E-state index contributed by atoms with van der Waals surface area (Å²) in [4.78, 5) is 2.12. The zero-order chi connectivity index (χ0) is 20.0. The smallest absolute Gasteiger partial charge is 0.120 e. The molecule has 0 fully saturated rings. The Balaban J connectivity index is 1.66. The van der Waals surface area contributed by atoms with Crippen molar-refractivity contribution in [3.63, 3.8) is 0 Å². The molecule has 1 unspecified atom stereocenters. The molecular weight excluding hydrogens is 390 g/mol. The number of rotatable bonds is 8. The van der Waals surface area contributed by atoms with Gasteiger partial charge in [-0.15, -0.1) is 0 Å². The third-order valence-electron chi connectivity index (χ3n) is 4.27. The van der Waals surface area contributed by atoms with Crippen molar-refractivity contribution in [1.82, 2.24) is 0 Å². The fraction of sp³-hybridized carbons (Fsp3) is 0.217. The lowest BCUT2D eigenvalue weighted by molar-refractivity contribution is 0.208. The van der Waals surface area contributed by atoms with Gasteiger partial charge in [-0.05, 0) is 54.8 Å². The highest BCUT2D eigenvalue weighted by atomic mass is 35.5. The molecule has 0 spiro atoms. The van der Waals surface area contributed by atoms with Gasteiger partial charge in [-0.3, -0.25) is 0 Å². The van der Waals surface area contributed by atoms with Crippen LogP contribution < -0.4 is 10.5 Å². The minimum atomic E-state index is -0.678. The molecule has 0 radical (unpaired) electrons. The average Bonchev–Trinajstić information content (AvgIpc) is 2.70. The van der Waals surface area contributed by atoms with E-state index in [-0.39, 0.29) is 6.61 Å². The van der Waals surface area contributed by atoms with E-state index in [4.69, 9.17) is 22.1 Å². The van der Waals surface area contributed by atoms with E-state index < -0.39 is 5.54 Å². The first-order valence-corrected chi connectivity index (χ1v) is 10.3. The van der Waals surface area contributed by atoms with E-state index >= 15 is 0 Å². The monoisotopic (exact) mass is 413 g/mol. The van der Waals surface area contributed by atoms with Crippen LogP contribution in [0.15, 0.2) is 82.6 Å². The van der Waals surface area contributed by atoms with E-state index in [1.165, 1.54) is 0 Å². The molecule has 0 saturated carbocycles. The van der Waals surface area contributed by atoms with Crippen LogP contribution in [0.25, 0.3) is 0 Å².